The van der Waals surface area contributed by atoms with Gasteiger partial charge in [-0.15, -0.1) is 0 Å². The molecule has 0 radical (unpaired) electrons. The predicted molar refractivity (Wildman–Crippen MR) is 334 cm³/mol. The molecule has 0 aliphatic heterocycles. The number of hydrogen-bond acceptors (Lipinski definition) is 8. The maximum absolute atomic E-state index is 12.6. The summed E-state index contributed by atoms with van der Waals surface area (Å²) in [7, 11) is 0. The molecule has 0 fully saturated rings. The Morgan fingerprint density at radius 1 is 0.317 bits per heavy atom. The maximum Gasteiger partial charge on any atom is 0.139 e. The standard InChI is InChI=1S/C74H62N2O6/c1-3-5-7-9-11-21-39-81-61-45-57-35-31-53-41-49-23-13-17-27-63(49)67(71(53)77)69-65-29-19-15-25-51(65)43-55(73(69)79)33-37-59-47-62(82-40-22-12-10-8-6-4-2)48-60(76-59)38-34-56-44-52-26-16-20-30-66(52)70(74(56)80)68-64-28-18-14-24-50(64)42-54(72(68)78)32-36-58(46-61)75-57/h13-20,23-30,41-48,77-80H,3-12,21-22,39-40H2,1-2H3. The van der Waals surface area contributed by atoms with Crippen LogP contribution in [0.1, 0.15) is 90.9 Å². The van der Waals surface area contributed by atoms with Gasteiger partial charge in [0.05, 0.1) is 34.8 Å². The molecule has 0 aliphatic rings. The lowest BCUT2D eigenvalue weighted by Gasteiger charge is -2.10. The van der Waals surface area contributed by atoms with E-state index in [1.165, 1.54) is 38.5 Å². The Morgan fingerprint density at radius 3 is 0.854 bits per heavy atom. The molecule has 0 saturated carbocycles. The Morgan fingerprint density at radius 2 is 0.573 bits per heavy atom. The van der Waals surface area contributed by atoms with Crippen molar-refractivity contribution in [2.75, 3.05) is 13.2 Å². The highest BCUT2D eigenvalue weighted by atomic mass is 16.5. The van der Waals surface area contributed by atoms with Gasteiger partial charge in [-0.3, -0.25) is 0 Å². The number of pyridine rings is 2. The largest absolute Gasteiger partial charge is 0.506 e. The van der Waals surface area contributed by atoms with Gasteiger partial charge in [-0.05, 0) is 104 Å². The number of aromatic hydroxyl groups is 4. The lowest BCUT2D eigenvalue weighted by molar-refractivity contribution is 0.304. The molecule has 0 atom stereocenters. The number of unbranched alkanes of at least 4 members (excludes halogenated alkanes) is 10. The highest BCUT2D eigenvalue weighted by Gasteiger charge is 2.16. The molecule has 4 N–H and O–H groups in total. The average molecular weight is 1080 g/mol. The first kappa shape index (κ1) is 54.1. The van der Waals surface area contributed by atoms with Crippen LogP contribution in [0.3, 0.4) is 0 Å². The van der Waals surface area contributed by atoms with Crippen molar-refractivity contribution in [1.82, 2.24) is 9.97 Å². The number of fused-ring (bicyclic) bond motifs is 22. The number of benzene rings is 8. The molecular formula is C74H62N2O6. The molecule has 8 aromatic carbocycles. The fourth-order valence-electron chi connectivity index (χ4n) is 10.8. The smallest absolute Gasteiger partial charge is 0.139 e. The zero-order valence-electron chi connectivity index (χ0n) is 46.3. The molecule has 404 valence electrons. The predicted octanol–water partition coefficient (Wildman–Crippen LogP) is 18.6. The van der Waals surface area contributed by atoms with Crippen molar-refractivity contribution in [2.45, 2.75) is 90.9 Å². The summed E-state index contributed by atoms with van der Waals surface area (Å²) < 4.78 is 12.8. The van der Waals surface area contributed by atoms with Crippen LogP contribution in [0.2, 0.25) is 0 Å². The monoisotopic (exact) mass is 1070 g/mol. The fraction of sp³-hybridized carbons (Fsp3) is 0.216. The van der Waals surface area contributed by atoms with E-state index in [4.69, 9.17) is 19.4 Å². The molecule has 8 nitrogen and oxygen atoms in total. The Balaban J connectivity index is 1.22. The molecule has 11 rings (SSSR count). The summed E-state index contributed by atoms with van der Waals surface area (Å²) in [5.74, 6) is 0.554. The number of nitrogens with zero attached hydrogens (tertiary/aromatic N) is 2. The van der Waals surface area contributed by atoms with E-state index in [2.05, 4.69) is 62.4 Å². The molecule has 0 unspecified atom stereocenters. The number of ether oxygens (including phenoxy) is 2. The number of rotatable bonds is 16. The van der Waals surface area contributed by atoms with E-state index in [0.29, 0.717) is 111 Å². The summed E-state index contributed by atoms with van der Waals surface area (Å²) in [6, 6.07) is 71.1. The summed E-state index contributed by atoms with van der Waals surface area (Å²) in [5, 5.41) is 59.1. The van der Waals surface area contributed by atoms with E-state index in [1.807, 2.05) is 121 Å². The van der Waals surface area contributed by atoms with Crippen LogP contribution in [-0.2, 0) is 0 Å². The van der Waals surface area contributed by atoms with Crippen molar-refractivity contribution >= 4 is 108 Å². The first-order valence-electron chi connectivity index (χ1n) is 28.6. The van der Waals surface area contributed by atoms with E-state index in [9.17, 15) is 20.4 Å². The van der Waals surface area contributed by atoms with Gasteiger partial charge in [0, 0.05) is 45.8 Å². The van der Waals surface area contributed by atoms with Gasteiger partial charge in [0.25, 0.3) is 0 Å². The normalized spacial score (nSPS) is 11.0. The Labute approximate surface area is 478 Å². The van der Waals surface area contributed by atoms with Crippen molar-refractivity contribution in [2.24, 2.45) is 0 Å². The summed E-state index contributed by atoms with van der Waals surface area (Å²) in [6.07, 6.45) is 13.2. The molecular weight excluding hydrogens is 1010 g/mol. The van der Waals surface area contributed by atoms with Gasteiger partial charge in [0.2, 0.25) is 0 Å². The molecule has 3 aromatic heterocycles. The Bertz CT molecular complexity index is 3920. The lowest BCUT2D eigenvalue weighted by Crippen LogP contribution is -1.97. The number of hydrogen-bond donors (Lipinski definition) is 4. The van der Waals surface area contributed by atoms with Crippen LogP contribution in [0.4, 0.5) is 0 Å². The van der Waals surface area contributed by atoms with E-state index >= 15 is 0 Å². The van der Waals surface area contributed by atoms with Crippen LogP contribution < -0.4 is 9.47 Å². The second-order valence-corrected chi connectivity index (χ2v) is 20.9. The van der Waals surface area contributed by atoms with Crippen LogP contribution in [-0.4, -0.2) is 43.6 Å². The topological polar surface area (TPSA) is 125 Å². The third-order valence-corrected chi connectivity index (χ3v) is 15.0. The van der Waals surface area contributed by atoms with Gasteiger partial charge < -0.3 is 29.9 Å². The van der Waals surface area contributed by atoms with Gasteiger partial charge in [0.15, 0.2) is 0 Å². The van der Waals surface area contributed by atoms with Crippen molar-refractivity contribution in [3.63, 3.8) is 0 Å². The molecule has 0 aliphatic carbocycles. The van der Waals surface area contributed by atoms with Gasteiger partial charge in [-0.2, -0.15) is 0 Å². The molecule has 82 heavy (non-hydrogen) atoms. The molecule has 12 bridgehead atoms. The minimum atomic E-state index is -0.125. The molecule has 0 saturated heterocycles. The van der Waals surface area contributed by atoms with Crippen LogP contribution in [0.25, 0.3) is 108 Å². The van der Waals surface area contributed by atoms with Crippen LogP contribution in [0.5, 0.6) is 34.5 Å². The molecule has 8 heteroatoms. The SMILES string of the molecule is CCCCCCCCOc1cc2c#cc3cc4ccccc4c(c3O)c3c(O)c(c#cc4cc(OCCCCCCCC)cc(c#cc5cc6ccccc6c(c5O)c5c(O)c(c#cc(c1)n2)cc1ccccc15)n4)cc1ccccc13. The summed E-state index contributed by atoms with van der Waals surface area (Å²) in [4.78, 5) is 9.81. The second-order valence-electron chi connectivity index (χ2n) is 20.9. The highest BCUT2D eigenvalue weighted by Crippen LogP contribution is 2.44. The number of phenolic OH excluding ortho intramolecular Hbond substituents is 4. The fourth-order valence-corrected chi connectivity index (χ4v) is 10.8. The van der Waals surface area contributed by atoms with Crippen LogP contribution >= 0.6 is 0 Å². The third kappa shape index (κ3) is 11.9. The minimum absolute atomic E-state index is 0.125. The first-order valence-corrected chi connectivity index (χ1v) is 28.6. The van der Waals surface area contributed by atoms with Crippen molar-refractivity contribution < 1.29 is 29.9 Å². The zero-order valence-corrected chi connectivity index (χ0v) is 46.3. The van der Waals surface area contributed by atoms with E-state index in [-0.39, 0.29) is 23.0 Å². The Kier molecular flexibility index (Phi) is 16.5. The van der Waals surface area contributed by atoms with E-state index in [1.54, 1.807) is 24.3 Å². The van der Waals surface area contributed by atoms with Crippen LogP contribution in [0.15, 0.2) is 146 Å². The van der Waals surface area contributed by atoms with Crippen LogP contribution in [0, 0.1) is 48.5 Å². The third-order valence-electron chi connectivity index (χ3n) is 15.0. The molecule has 11 aromatic rings. The number of phenols is 4. The Hall–Kier alpha value is -9.86. The van der Waals surface area contributed by atoms with E-state index < -0.39 is 0 Å². The van der Waals surface area contributed by atoms with Crippen molar-refractivity contribution in [3.8, 4) is 34.5 Å². The summed E-state index contributed by atoms with van der Waals surface area (Å²) >= 11 is 0. The van der Waals surface area contributed by atoms with Crippen molar-refractivity contribution in [1.29, 1.82) is 0 Å². The minimum Gasteiger partial charge on any atom is -0.506 e. The molecule has 3 heterocycles. The van der Waals surface area contributed by atoms with Gasteiger partial charge >= 0.3 is 0 Å². The van der Waals surface area contributed by atoms with Crippen molar-refractivity contribution in [3.05, 3.63) is 194 Å². The number of aromatic nitrogens is 2. The zero-order chi connectivity index (χ0) is 56.4. The summed E-state index contributed by atoms with van der Waals surface area (Å²) in [6.45, 7) is 5.38. The highest BCUT2D eigenvalue weighted by molar-refractivity contribution is 6.25. The molecule has 0 spiro atoms. The maximum atomic E-state index is 12.6. The van der Waals surface area contributed by atoms with Gasteiger partial charge in [-0.25, -0.2) is 9.97 Å². The average Bonchev–Trinajstić information content (AvgIpc) is 3.65. The first-order chi connectivity index (χ1) is 40.2. The lowest BCUT2D eigenvalue weighted by atomic mass is 9.96. The summed E-state index contributed by atoms with van der Waals surface area (Å²) in [5.41, 5.74) is 1.38. The molecule has 0 amide bonds. The van der Waals surface area contributed by atoms with Gasteiger partial charge in [0.1, 0.15) is 56.6 Å². The quantitative estimate of drug-likeness (QED) is 0.0705. The van der Waals surface area contributed by atoms with E-state index in [0.717, 1.165) is 60.1 Å². The second kappa shape index (κ2) is 25.1. The van der Waals surface area contributed by atoms with Gasteiger partial charge in [-0.1, -0.05) is 199 Å².